The van der Waals surface area contributed by atoms with Crippen molar-refractivity contribution in [3.63, 3.8) is 0 Å². The molecule has 0 aliphatic rings. The minimum absolute atomic E-state index is 0.227. The molecule has 0 saturated heterocycles. The van der Waals surface area contributed by atoms with E-state index in [0.717, 1.165) is 27.9 Å². The van der Waals surface area contributed by atoms with E-state index in [2.05, 4.69) is 15.4 Å². The van der Waals surface area contributed by atoms with Gasteiger partial charge in [0.1, 0.15) is 5.75 Å². The molecule has 2 aromatic heterocycles. The Morgan fingerprint density at radius 1 is 1.10 bits per heavy atom. The van der Waals surface area contributed by atoms with E-state index in [4.69, 9.17) is 4.74 Å². The predicted molar refractivity (Wildman–Crippen MR) is 119 cm³/mol. The first kappa shape index (κ1) is 19.4. The Kier molecular flexibility index (Phi) is 5.30. The van der Waals surface area contributed by atoms with Crippen molar-refractivity contribution in [3.8, 4) is 5.75 Å². The van der Waals surface area contributed by atoms with E-state index in [1.165, 1.54) is 0 Å². The number of aromatic nitrogens is 3. The second kappa shape index (κ2) is 8.21. The fourth-order valence-corrected chi connectivity index (χ4v) is 3.41. The summed E-state index contributed by atoms with van der Waals surface area (Å²) in [7, 11) is 3.47. The van der Waals surface area contributed by atoms with Gasteiger partial charge < -0.3 is 10.1 Å². The second-order valence-electron chi connectivity index (χ2n) is 6.92. The van der Waals surface area contributed by atoms with E-state index in [-0.39, 0.29) is 5.91 Å². The molecule has 0 unspecified atom stereocenters. The molecule has 4 rings (SSSR count). The number of carbonyl (C=O) groups is 1. The monoisotopic (exact) mass is 398 g/mol. The number of nitrogens with zero attached hydrogens (tertiary/aromatic N) is 3. The predicted octanol–water partition coefficient (Wildman–Crippen LogP) is 4.46. The number of fused-ring (bicyclic) bond motifs is 1. The smallest absolute Gasteiger partial charge is 0.256 e. The standard InChI is InChI=1S/C24H22N4O2/c1-16-20-14-19(15-25-23(20)28(2)27-16)26-24(29)21(17-9-5-4-6-10-17)13-18-11-7-8-12-22(18)30-3/h4-15H,1-3H3,(H,26,29)/b21-13+. The Labute approximate surface area is 174 Å². The Morgan fingerprint density at radius 3 is 2.60 bits per heavy atom. The van der Waals surface area contributed by atoms with Crippen LogP contribution < -0.4 is 10.1 Å². The van der Waals surface area contributed by atoms with Gasteiger partial charge in [-0.1, -0.05) is 48.5 Å². The Hall–Kier alpha value is -3.93. The lowest BCUT2D eigenvalue weighted by Crippen LogP contribution is -2.14. The van der Waals surface area contributed by atoms with Gasteiger partial charge in [-0.2, -0.15) is 5.10 Å². The van der Waals surface area contributed by atoms with Crippen LogP contribution in [0.1, 0.15) is 16.8 Å². The molecule has 0 spiro atoms. The van der Waals surface area contributed by atoms with Crippen LogP contribution in [-0.4, -0.2) is 27.8 Å². The molecule has 0 fully saturated rings. The van der Waals surface area contributed by atoms with Gasteiger partial charge in [-0.05, 0) is 30.7 Å². The number of carbonyl (C=O) groups excluding carboxylic acids is 1. The number of para-hydroxylation sites is 1. The number of pyridine rings is 1. The van der Waals surface area contributed by atoms with Crippen molar-refractivity contribution in [3.05, 3.63) is 83.7 Å². The lowest BCUT2D eigenvalue weighted by Gasteiger charge is -2.11. The Morgan fingerprint density at radius 2 is 1.83 bits per heavy atom. The molecule has 2 aromatic carbocycles. The van der Waals surface area contributed by atoms with E-state index in [1.807, 2.05) is 80.7 Å². The van der Waals surface area contributed by atoms with E-state index in [9.17, 15) is 4.79 Å². The van der Waals surface area contributed by atoms with Crippen molar-refractivity contribution < 1.29 is 9.53 Å². The van der Waals surface area contributed by atoms with E-state index in [0.29, 0.717) is 17.0 Å². The number of rotatable bonds is 5. The summed E-state index contributed by atoms with van der Waals surface area (Å²) >= 11 is 0. The van der Waals surface area contributed by atoms with Gasteiger partial charge >= 0.3 is 0 Å². The maximum absolute atomic E-state index is 13.3. The first-order chi connectivity index (χ1) is 14.6. The van der Waals surface area contributed by atoms with Gasteiger partial charge in [0.15, 0.2) is 5.65 Å². The quantitative estimate of drug-likeness (QED) is 0.398. The highest BCUT2D eigenvalue weighted by molar-refractivity contribution is 6.29. The fraction of sp³-hybridized carbons (Fsp3) is 0.125. The van der Waals surface area contributed by atoms with E-state index in [1.54, 1.807) is 18.0 Å². The van der Waals surface area contributed by atoms with Gasteiger partial charge in [-0.15, -0.1) is 0 Å². The number of hydrogen-bond donors (Lipinski definition) is 1. The number of benzene rings is 2. The summed E-state index contributed by atoms with van der Waals surface area (Å²) in [6.45, 7) is 1.92. The zero-order chi connectivity index (χ0) is 21.1. The third-order valence-corrected chi connectivity index (χ3v) is 4.89. The fourth-order valence-electron chi connectivity index (χ4n) is 3.41. The van der Waals surface area contributed by atoms with Crippen LogP contribution in [0.5, 0.6) is 5.75 Å². The van der Waals surface area contributed by atoms with Crippen molar-refractivity contribution in [2.75, 3.05) is 12.4 Å². The van der Waals surface area contributed by atoms with Crippen LogP contribution in [0.2, 0.25) is 0 Å². The third kappa shape index (κ3) is 3.80. The largest absolute Gasteiger partial charge is 0.496 e. The van der Waals surface area contributed by atoms with Gasteiger partial charge in [0.05, 0.1) is 24.7 Å². The summed E-state index contributed by atoms with van der Waals surface area (Å²) < 4.78 is 7.18. The first-order valence-electron chi connectivity index (χ1n) is 9.57. The summed E-state index contributed by atoms with van der Waals surface area (Å²) in [5.41, 5.74) is 4.43. The molecule has 1 N–H and O–H groups in total. The van der Waals surface area contributed by atoms with Crippen molar-refractivity contribution in [2.24, 2.45) is 7.05 Å². The maximum atomic E-state index is 13.3. The summed E-state index contributed by atoms with van der Waals surface area (Å²) in [4.78, 5) is 17.7. The van der Waals surface area contributed by atoms with Crippen LogP contribution in [0.4, 0.5) is 5.69 Å². The van der Waals surface area contributed by atoms with Crippen molar-refractivity contribution in [1.82, 2.24) is 14.8 Å². The van der Waals surface area contributed by atoms with Gasteiger partial charge in [-0.3, -0.25) is 9.48 Å². The Bertz CT molecular complexity index is 1240. The molecule has 150 valence electrons. The summed E-state index contributed by atoms with van der Waals surface area (Å²) in [6.07, 6.45) is 3.48. The highest BCUT2D eigenvalue weighted by Gasteiger charge is 2.15. The summed E-state index contributed by atoms with van der Waals surface area (Å²) in [5.74, 6) is 0.475. The summed E-state index contributed by atoms with van der Waals surface area (Å²) in [6, 6.07) is 19.1. The normalized spacial score (nSPS) is 11.5. The minimum atomic E-state index is -0.227. The van der Waals surface area contributed by atoms with Gasteiger partial charge in [0.25, 0.3) is 5.91 Å². The first-order valence-corrected chi connectivity index (χ1v) is 9.57. The molecule has 30 heavy (non-hydrogen) atoms. The van der Waals surface area contributed by atoms with Crippen molar-refractivity contribution in [2.45, 2.75) is 6.92 Å². The third-order valence-electron chi connectivity index (χ3n) is 4.89. The van der Waals surface area contributed by atoms with Crippen LogP contribution in [0.3, 0.4) is 0 Å². The van der Waals surface area contributed by atoms with Gasteiger partial charge in [0.2, 0.25) is 0 Å². The topological polar surface area (TPSA) is 69.0 Å². The average molecular weight is 398 g/mol. The van der Waals surface area contributed by atoms with Crippen molar-refractivity contribution in [1.29, 1.82) is 0 Å². The molecule has 1 amide bonds. The van der Waals surface area contributed by atoms with Crippen LogP contribution in [-0.2, 0) is 11.8 Å². The van der Waals surface area contributed by atoms with Gasteiger partial charge in [0, 0.05) is 23.6 Å². The zero-order valence-corrected chi connectivity index (χ0v) is 17.1. The molecular formula is C24H22N4O2. The lowest BCUT2D eigenvalue weighted by atomic mass is 10.0. The SMILES string of the molecule is COc1ccccc1/C=C(/C(=O)Nc1cnc2c(c1)c(C)nn2C)c1ccccc1. The van der Waals surface area contributed by atoms with Crippen molar-refractivity contribution >= 4 is 34.3 Å². The number of anilines is 1. The number of ether oxygens (including phenoxy) is 1. The molecule has 2 heterocycles. The zero-order valence-electron chi connectivity index (χ0n) is 17.1. The number of hydrogen-bond acceptors (Lipinski definition) is 4. The Balaban J connectivity index is 1.73. The highest BCUT2D eigenvalue weighted by Crippen LogP contribution is 2.26. The molecule has 0 aliphatic carbocycles. The molecule has 0 atom stereocenters. The number of nitrogens with one attached hydrogen (secondary N) is 1. The lowest BCUT2D eigenvalue weighted by molar-refractivity contribution is -0.111. The summed E-state index contributed by atoms with van der Waals surface area (Å²) in [5, 5.41) is 8.27. The molecule has 6 nitrogen and oxygen atoms in total. The second-order valence-corrected chi connectivity index (χ2v) is 6.92. The van der Waals surface area contributed by atoms with Crippen LogP contribution in [0, 0.1) is 6.92 Å². The highest BCUT2D eigenvalue weighted by atomic mass is 16.5. The molecule has 0 aliphatic heterocycles. The molecule has 6 heteroatoms. The minimum Gasteiger partial charge on any atom is -0.496 e. The number of aryl methyl sites for hydroxylation is 2. The van der Waals surface area contributed by atoms with Crippen LogP contribution in [0.15, 0.2) is 66.9 Å². The molecule has 0 bridgehead atoms. The molecular weight excluding hydrogens is 376 g/mol. The molecule has 4 aromatic rings. The maximum Gasteiger partial charge on any atom is 0.256 e. The van der Waals surface area contributed by atoms with E-state index >= 15 is 0 Å². The van der Waals surface area contributed by atoms with E-state index < -0.39 is 0 Å². The number of amides is 1. The van der Waals surface area contributed by atoms with Crippen LogP contribution in [0.25, 0.3) is 22.7 Å². The molecule has 0 radical (unpaired) electrons. The average Bonchev–Trinajstić information content (AvgIpc) is 3.05. The molecule has 0 saturated carbocycles. The van der Waals surface area contributed by atoms with Crippen LogP contribution >= 0.6 is 0 Å². The number of methoxy groups -OCH3 is 1. The van der Waals surface area contributed by atoms with Gasteiger partial charge in [-0.25, -0.2) is 4.98 Å².